The first kappa shape index (κ1) is 13.1. The van der Waals surface area contributed by atoms with E-state index in [4.69, 9.17) is 9.47 Å². The van der Waals surface area contributed by atoms with Crippen molar-refractivity contribution in [3.63, 3.8) is 0 Å². The Labute approximate surface area is 108 Å². The Kier molecular flexibility index (Phi) is 4.02. The first-order valence-electron chi connectivity index (χ1n) is 6.47. The van der Waals surface area contributed by atoms with Crippen LogP contribution < -0.4 is 0 Å². The molecule has 1 unspecified atom stereocenters. The summed E-state index contributed by atoms with van der Waals surface area (Å²) in [5, 5.41) is 0. The molecule has 0 N–H and O–H groups in total. The van der Waals surface area contributed by atoms with Gasteiger partial charge in [-0.3, -0.25) is 0 Å². The molecule has 1 fully saturated rings. The number of carbonyl (C=O) groups is 1. The van der Waals surface area contributed by atoms with Gasteiger partial charge >= 0.3 is 5.97 Å². The Bertz CT molecular complexity index is 431. The minimum atomic E-state index is -0.246. The van der Waals surface area contributed by atoms with E-state index in [-0.39, 0.29) is 12.1 Å². The molecule has 0 radical (unpaired) electrons. The number of hydrogen-bond donors (Lipinski definition) is 0. The maximum Gasteiger partial charge on any atom is 0.338 e. The summed E-state index contributed by atoms with van der Waals surface area (Å²) >= 11 is 0. The lowest BCUT2D eigenvalue weighted by atomic mass is 9.96. The number of rotatable bonds is 3. The summed E-state index contributed by atoms with van der Waals surface area (Å²) in [4.78, 5) is 12.0. The summed E-state index contributed by atoms with van der Waals surface area (Å²) in [5.41, 5.74) is 3.04. The van der Waals surface area contributed by atoms with Crippen molar-refractivity contribution in [3.05, 3.63) is 34.9 Å². The SMILES string of the molecule is Cc1cc(C(=O)OC2CCOC2)ccc1C(C)C. The molecule has 1 aromatic carbocycles. The van der Waals surface area contributed by atoms with Crippen molar-refractivity contribution < 1.29 is 14.3 Å². The van der Waals surface area contributed by atoms with Crippen LogP contribution in [-0.2, 0) is 9.47 Å². The van der Waals surface area contributed by atoms with E-state index in [2.05, 4.69) is 13.8 Å². The average Bonchev–Trinajstić information content (AvgIpc) is 2.81. The fourth-order valence-electron chi connectivity index (χ4n) is 2.28. The van der Waals surface area contributed by atoms with Crippen LogP contribution in [-0.4, -0.2) is 25.3 Å². The first-order chi connectivity index (χ1) is 8.58. The Morgan fingerprint density at radius 3 is 2.78 bits per heavy atom. The molecule has 98 valence electrons. The van der Waals surface area contributed by atoms with Gasteiger partial charge in [0.25, 0.3) is 0 Å². The lowest BCUT2D eigenvalue weighted by Crippen LogP contribution is -2.18. The fraction of sp³-hybridized carbons (Fsp3) is 0.533. The Hall–Kier alpha value is -1.35. The van der Waals surface area contributed by atoms with Gasteiger partial charge in [-0.1, -0.05) is 19.9 Å². The van der Waals surface area contributed by atoms with Gasteiger partial charge in [0, 0.05) is 6.42 Å². The Morgan fingerprint density at radius 1 is 1.44 bits per heavy atom. The van der Waals surface area contributed by atoms with Gasteiger partial charge in [0.15, 0.2) is 0 Å². The second kappa shape index (κ2) is 5.53. The summed E-state index contributed by atoms with van der Waals surface area (Å²) in [6.45, 7) is 7.54. The highest BCUT2D eigenvalue weighted by molar-refractivity contribution is 5.89. The summed E-state index contributed by atoms with van der Waals surface area (Å²) in [5.74, 6) is 0.224. The van der Waals surface area contributed by atoms with Crippen molar-refractivity contribution >= 4 is 5.97 Å². The Balaban J connectivity index is 2.08. The van der Waals surface area contributed by atoms with E-state index in [1.807, 2.05) is 25.1 Å². The maximum atomic E-state index is 12.0. The number of ether oxygens (including phenoxy) is 2. The molecule has 0 aliphatic carbocycles. The number of esters is 1. The summed E-state index contributed by atoms with van der Waals surface area (Å²) in [6.07, 6.45) is 0.719. The highest BCUT2D eigenvalue weighted by atomic mass is 16.6. The number of carbonyl (C=O) groups excluding carboxylic acids is 1. The minimum Gasteiger partial charge on any atom is -0.456 e. The van der Waals surface area contributed by atoms with Crippen LogP contribution in [0.25, 0.3) is 0 Å². The van der Waals surface area contributed by atoms with Crippen LogP contribution in [0.15, 0.2) is 18.2 Å². The van der Waals surface area contributed by atoms with E-state index in [9.17, 15) is 4.79 Å². The van der Waals surface area contributed by atoms with Crippen LogP contribution in [0.1, 0.15) is 47.7 Å². The maximum absolute atomic E-state index is 12.0. The molecule has 3 heteroatoms. The topological polar surface area (TPSA) is 35.5 Å². The zero-order chi connectivity index (χ0) is 13.1. The summed E-state index contributed by atoms with van der Waals surface area (Å²) in [7, 11) is 0. The van der Waals surface area contributed by atoms with Crippen molar-refractivity contribution in [2.45, 2.75) is 39.2 Å². The third-order valence-electron chi connectivity index (χ3n) is 3.29. The van der Waals surface area contributed by atoms with Crippen molar-refractivity contribution in [2.24, 2.45) is 0 Å². The van der Waals surface area contributed by atoms with E-state index < -0.39 is 0 Å². The van der Waals surface area contributed by atoms with Crippen LogP contribution in [0.2, 0.25) is 0 Å². The zero-order valence-corrected chi connectivity index (χ0v) is 11.2. The van der Waals surface area contributed by atoms with Crippen molar-refractivity contribution in [1.82, 2.24) is 0 Å². The molecule has 0 amide bonds. The zero-order valence-electron chi connectivity index (χ0n) is 11.2. The molecule has 0 aromatic heterocycles. The molecule has 1 aliphatic rings. The van der Waals surface area contributed by atoms with Crippen LogP contribution in [0, 0.1) is 6.92 Å². The van der Waals surface area contributed by atoms with Gasteiger partial charge in [-0.15, -0.1) is 0 Å². The Morgan fingerprint density at radius 2 is 2.22 bits per heavy atom. The average molecular weight is 248 g/mol. The second-order valence-electron chi connectivity index (χ2n) is 5.12. The molecular formula is C15H20O3. The highest BCUT2D eigenvalue weighted by Crippen LogP contribution is 2.21. The molecule has 0 saturated carbocycles. The van der Waals surface area contributed by atoms with E-state index in [0.29, 0.717) is 24.7 Å². The monoisotopic (exact) mass is 248 g/mol. The molecule has 1 heterocycles. The standard InChI is InChI=1S/C15H20O3/c1-10(2)14-5-4-12(8-11(14)3)15(16)18-13-6-7-17-9-13/h4-5,8,10,13H,6-7,9H2,1-3H3. The van der Waals surface area contributed by atoms with Crippen LogP contribution in [0.5, 0.6) is 0 Å². The molecule has 1 atom stereocenters. The molecule has 1 aromatic rings. The summed E-state index contributed by atoms with van der Waals surface area (Å²) in [6, 6.07) is 5.77. The van der Waals surface area contributed by atoms with Gasteiger partial charge < -0.3 is 9.47 Å². The molecular weight excluding hydrogens is 228 g/mol. The van der Waals surface area contributed by atoms with Gasteiger partial charge in [-0.2, -0.15) is 0 Å². The van der Waals surface area contributed by atoms with Crippen molar-refractivity contribution in [2.75, 3.05) is 13.2 Å². The van der Waals surface area contributed by atoms with E-state index in [1.54, 1.807) is 0 Å². The van der Waals surface area contributed by atoms with Gasteiger partial charge in [-0.25, -0.2) is 4.79 Å². The molecule has 0 spiro atoms. The highest BCUT2D eigenvalue weighted by Gasteiger charge is 2.21. The first-order valence-corrected chi connectivity index (χ1v) is 6.47. The molecule has 0 bridgehead atoms. The van der Waals surface area contributed by atoms with E-state index in [0.717, 1.165) is 12.0 Å². The van der Waals surface area contributed by atoms with Crippen LogP contribution in [0.3, 0.4) is 0 Å². The fourth-order valence-corrected chi connectivity index (χ4v) is 2.28. The van der Waals surface area contributed by atoms with E-state index >= 15 is 0 Å². The van der Waals surface area contributed by atoms with Crippen LogP contribution in [0.4, 0.5) is 0 Å². The minimum absolute atomic E-state index is 0.0809. The van der Waals surface area contributed by atoms with Gasteiger partial charge in [0.2, 0.25) is 0 Å². The normalized spacial score (nSPS) is 19.2. The summed E-state index contributed by atoms with van der Waals surface area (Å²) < 4.78 is 10.6. The van der Waals surface area contributed by atoms with Gasteiger partial charge in [0.1, 0.15) is 6.10 Å². The smallest absolute Gasteiger partial charge is 0.338 e. The third kappa shape index (κ3) is 2.91. The largest absolute Gasteiger partial charge is 0.456 e. The lowest BCUT2D eigenvalue weighted by Gasteiger charge is -2.13. The van der Waals surface area contributed by atoms with Crippen molar-refractivity contribution in [1.29, 1.82) is 0 Å². The third-order valence-corrected chi connectivity index (χ3v) is 3.29. The predicted octanol–water partition coefficient (Wildman–Crippen LogP) is 3.06. The van der Waals surface area contributed by atoms with Crippen LogP contribution >= 0.6 is 0 Å². The quantitative estimate of drug-likeness (QED) is 0.771. The number of hydrogen-bond acceptors (Lipinski definition) is 3. The van der Waals surface area contributed by atoms with E-state index in [1.165, 1.54) is 5.56 Å². The number of benzene rings is 1. The molecule has 3 nitrogen and oxygen atoms in total. The number of aryl methyl sites for hydroxylation is 1. The molecule has 1 saturated heterocycles. The predicted molar refractivity (Wildman–Crippen MR) is 69.9 cm³/mol. The lowest BCUT2D eigenvalue weighted by molar-refractivity contribution is 0.0270. The van der Waals surface area contributed by atoms with Gasteiger partial charge in [0.05, 0.1) is 18.8 Å². The molecule has 18 heavy (non-hydrogen) atoms. The second-order valence-corrected chi connectivity index (χ2v) is 5.12. The van der Waals surface area contributed by atoms with Crippen molar-refractivity contribution in [3.8, 4) is 0 Å². The van der Waals surface area contributed by atoms with Gasteiger partial charge in [-0.05, 0) is 36.1 Å². The molecule has 1 aliphatic heterocycles. The molecule has 2 rings (SSSR count).